The molecule has 0 fully saturated rings. The maximum Gasteiger partial charge on any atom is 0.311 e. The van der Waals surface area contributed by atoms with Gasteiger partial charge in [0.05, 0.1) is 11.5 Å². The average Bonchev–Trinajstić information content (AvgIpc) is 2.46. The van der Waals surface area contributed by atoms with Crippen molar-refractivity contribution < 1.29 is 14.5 Å². The number of hydrogen-bond acceptors (Lipinski definition) is 4. The molecule has 0 unspecified atom stereocenters. The van der Waals surface area contributed by atoms with E-state index in [4.69, 9.17) is 4.74 Å². The number of carbonyl (C=O) groups is 1. The second-order valence-electron chi connectivity index (χ2n) is 5.11. The van der Waals surface area contributed by atoms with Gasteiger partial charge in [-0.2, -0.15) is 0 Å². The highest BCUT2D eigenvalue weighted by Crippen LogP contribution is 2.28. The summed E-state index contributed by atoms with van der Waals surface area (Å²) in [6, 6.07) is 4.34. The third-order valence-electron chi connectivity index (χ3n) is 3.32. The molecule has 0 saturated heterocycles. The van der Waals surface area contributed by atoms with Gasteiger partial charge in [0, 0.05) is 11.6 Å². The molecule has 0 aliphatic rings. The molecular formula is C16H23NO4. The fourth-order valence-corrected chi connectivity index (χ4v) is 2.07. The number of unbranched alkanes of at least 4 members (excludes halogenated alkanes) is 5. The summed E-state index contributed by atoms with van der Waals surface area (Å²) in [5.74, 6) is 0.0409. The SMILES string of the molecule is CCCCCCCCOc1ccc(C(C)=O)cc1[N+](=O)[O-]. The Balaban J connectivity index is 2.51. The standard InChI is InChI=1S/C16H23NO4/c1-3-4-5-6-7-8-11-21-16-10-9-14(13(2)18)12-15(16)17(19)20/h9-10,12H,3-8,11H2,1-2H3. The van der Waals surface area contributed by atoms with Crippen LogP contribution in [-0.4, -0.2) is 17.3 Å². The molecular weight excluding hydrogens is 270 g/mol. The first-order chi connectivity index (χ1) is 10.1. The lowest BCUT2D eigenvalue weighted by Crippen LogP contribution is -2.02. The van der Waals surface area contributed by atoms with E-state index in [0.717, 1.165) is 12.8 Å². The van der Waals surface area contributed by atoms with Gasteiger partial charge in [-0.15, -0.1) is 0 Å². The Kier molecular flexibility index (Phi) is 7.43. The summed E-state index contributed by atoms with van der Waals surface area (Å²) in [5, 5.41) is 11.0. The van der Waals surface area contributed by atoms with E-state index in [1.807, 2.05) is 0 Å². The zero-order chi connectivity index (χ0) is 15.7. The van der Waals surface area contributed by atoms with Crippen molar-refractivity contribution >= 4 is 11.5 Å². The van der Waals surface area contributed by atoms with Crippen molar-refractivity contribution in [1.29, 1.82) is 0 Å². The molecule has 0 spiro atoms. The number of rotatable bonds is 10. The van der Waals surface area contributed by atoms with Crippen LogP contribution in [0.4, 0.5) is 5.69 Å². The molecule has 1 rings (SSSR count). The molecule has 0 atom stereocenters. The molecule has 1 aromatic rings. The summed E-state index contributed by atoms with van der Waals surface area (Å²) in [5.41, 5.74) is 0.183. The third kappa shape index (κ3) is 5.94. The number of ketones is 1. The van der Waals surface area contributed by atoms with Crippen molar-refractivity contribution in [3.63, 3.8) is 0 Å². The Morgan fingerprint density at radius 1 is 1.19 bits per heavy atom. The molecule has 0 aliphatic carbocycles. The van der Waals surface area contributed by atoms with Gasteiger partial charge in [0.15, 0.2) is 11.5 Å². The van der Waals surface area contributed by atoms with E-state index in [9.17, 15) is 14.9 Å². The van der Waals surface area contributed by atoms with Crippen LogP contribution in [0.1, 0.15) is 62.7 Å². The van der Waals surface area contributed by atoms with Gasteiger partial charge in [0.2, 0.25) is 0 Å². The molecule has 0 amide bonds. The molecule has 0 N–H and O–H groups in total. The zero-order valence-electron chi connectivity index (χ0n) is 12.8. The van der Waals surface area contributed by atoms with Crippen LogP contribution in [0.2, 0.25) is 0 Å². The molecule has 5 nitrogen and oxygen atoms in total. The van der Waals surface area contributed by atoms with Crippen LogP contribution in [-0.2, 0) is 0 Å². The van der Waals surface area contributed by atoms with Gasteiger partial charge in [-0.3, -0.25) is 14.9 Å². The van der Waals surface area contributed by atoms with Gasteiger partial charge in [-0.1, -0.05) is 39.0 Å². The third-order valence-corrected chi connectivity index (χ3v) is 3.32. The number of nitro groups is 1. The molecule has 116 valence electrons. The van der Waals surface area contributed by atoms with Gasteiger partial charge < -0.3 is 4.74 Å². The van der Waals surface area contributed by atoms with Crippen molar-refractivity contribution in [3.8, 4) is 5.75 Å². The number of Topliss-reactive ketones (excluding diaryl/α,β-unsaturated/α-hetero) is 1. The highest BCUT2D eigenvalue weighted by Gasteiger charge is 2.17. The second kappa shape index (κ2) is 9.10. The summed E-state index contributed by atoms with van der Waals surface area (Å²) in [7, 11) is 0. The van der Waals surface area contributed by atoms with Crippen LogP contribution in [0, 0.1) is 10.1 Å². The summed E-state index contributed by atoms with van der Waals surface area (Å²) in [6.07, 6.45) is 6.81. The number of hydrogen-bond donors (Lipinski definition) is 0. The van der Waals surface area contributed by atoms with E-state index in [1.54, 1.807) is 6.07 Å². The molecule has 0 bridgehead atoms. The maximum atomic E-state index is 11.3. The molecule has 0 heterocycles. The first-order valence-corrected chi connectivity index (χ1v) is 7.48. The number of benzene rings is 1. The van der Waals surface area contributed by atoms with Crippen LogP contribution < -0.4 is 4.74 Å². The number of carbonyl (C=O) groups excluding carboxylic acids is 1. The fourth-order valence-electron chi connectivity index (χ4n) is 2.07. The highest BCUT2D eigenvalue weighted by atomic mass is 16.6. The van der Waals surface area contributed by atoms with Gasteiger partial charge >= 0.3 is 5.69 Å². The molecule has 0 saturated carbocycles. The lowest BCUT2D eigenvalue weighted by Gasteiger charge is -2.07. The maximum absolute atomic E-state index is 11.3. The minimum absolute atomic E-state index is 0.145. The summed E-state index contributed by atoms with van der Waals surface area (Å²) >= 11 is 0. The Morgan fingerprint density at radius 2 is 1.86 bits per heavy atom. The van der Waals surface area contributed by atoms with Crippen LogP contribution in [0.25, 0.3) is 0 Å². The first-order valence-electron chi connectivity index (χ1n) is 7.48. The van der Waals surface area contributed by atoms with E-state index >= 15 is 0 Å². The number of nitrogens with zero attached hydrogens (tertiary/aromatic N) is 1. The first kappa shape index (κ1) is 17.1. The minimum atomic E-state index is -0.511. The molecule has 1 aromatic carbocycles. The topological polar surface area (TPSA) is 69.4 Å². The lowest BCUT2D eigenvalue weighted by atomic mass is 10.1. The van der Waals surface area contributed by atoms with Crippen molar-refractivity contribution in [2.24, 2.45) is 0 Å². The van der Waals surface area contributed by atoms with E-state index in [-0.39, 0.29) is 17.2 Å². The largest absolute Gasteiger partial charge is 0.487 e. The van der Waals surface area contributed by atoms with Crippen molar-refractivity contribution in [2.45, 2.75) is 52.4 Å². The van der Waals surface area contributed by atoms with Gasteiger partial charge in [0.1, 0.15) is 0 Å². The highest BCUT2D eigenvalue weighted by molar-refractivity contribution is 5.95. The monoisotopic (exact) mass is 293 g/mol. The Bertz CT molecular complexity index is 485. The van der Waals surface area contributed by atoms with Gasteiger partial charge in [-0.05, 0) is 25.5 Å². The number of nitro benzene ring substituents is 1. The quantitative estimate of drug-likeness (QED) is 0.275. The van der Waals surface area contributed by atoms with E-state index < -0.39 is 4.92 Å². The van der Waals surface area contributed by atoms with Crippen molar-refractivity contribution in [2.75, 3.05) is 6.61 Å². The van der Waals surface area contributed by atoms with Gasteiger partial charge in [-0.25, -0.2) is 0 Å². The average molecular weight is 293 g/mol. The predicted octanol–water partition coefficient (Wildman–Crippen LogP) is 4.54. The van der Waals surface area contributed by atoms with E-state index in [2.05, 4.69) is 6.92 Å². The van der Waals surface area contributed by atoms with Crippen LogP contribution in [0.3, 0.4) is 0 Å². The normalized spacial score (nSPS) is 10.4. The second-order valence-corrected chi connectivity index (χ2v) is 5.11. The zero-order valence-corrected chi connectivity index (χ0v) is 12.8. The Labute approximate surface area is 125 Å². The molecule has 0 radical (unpaired) electrons. The lowest BCUT2D eigenvalue weighted by molar-refractivity contribution is -0.385. The molecule has 0 aliphatic heterocycles. The van der Waals surface area contributed by atoms with Crippen molar-refractivity contribution in [3.05, 3.63) is 33.9 Å². The summed E-state index contributed by atoms with van der Waals surface area (Å²) < 4.78 is 5.49. The number of ether oxygens (including phenoxy) is 1. The van der Waals surface area contributed by atoms with E-state index in [0.29, 0.717) is 12.2 Å². The fraction of sp³-hybridized carbons (Fsp3) is 0.562. The predicted molar refractivity (Wildman–Crippen MR) is 82.0 cm³/mol. The summed E-state index contributed by atoms with van der Waals surface area (Å²) in [4.78, 5) is 21.8. The van der Waals surface area contributed by atoms with Gasteiger partial charge in [0.25, 0.3) is 0 Å². The van der Waals surface area contributed by atoms with Crippen LogP contribution in [0.5, 0.6) is 5.75 Å². The molecule has 0 aromatic heterocycles. The molecule has 5 heteroatoms. The smallest absolute Gasteiger partial charge is 0.311 e. The van der Waals surface area contributed by atoms with Crippen LogP contribution in [0.15, 0.2) is 18.2 Å². The minimum Gasteiger partial charge on any atom is -0.487 e. The molecule has 21 heavy (non-hydrogen) atoms. The van der Waals surface area contributed by atoms with Crippen molar-refractivity contribution in [1.82, 2.24) is 0 Å². The summed E-state index contributed by atoms with van der Waals surface area (Å²) in [6.45, 7) is 4.02. The van der Waals surface area contributed by atoms with Crippen LogP contribution >= 0.6 is 0 Å². The van der Waals surface area contributed by atoms with E-state index in [1.165, 1.54) is 44.7 Å². The Morgan fingerprint density at radius 3 is 2.48 bits per heavy atom. The Hall–Kier alpha value is -1.91.